The van der Waals surface area contributed by atoms with Crippen LogP contribution in [0.5, 0.6) is 0 Å². The molecular weight excluding hydrogens is 156 g/mol. The van der Waals surface area contributed by atoms with E-state index in [4.69, 9.17) is 11.6 Å². The van der Waals surface area contributed by atoms with E-state index in [0.717, 1.165) is 0 Å². The van der Waals surface area contributed by atoms with Crippen molar-refractivity contribution in [3.63, 3.8) is 0 Å². The van der Waals surface area contributed by atoms with E-state index in [2.05, 4.69) is 13.0 Å². The van der Waals surface area contributed by atoms with Crippen molar-refractivity contribution in [1.82, 2.24) is 0 Å². The van der Waals surface area contributed by atoms with Crippen LogP contribution in [-0.2, 0) is 5.88 Å². The Hall–Kier alpha value is 0.276. The summed E-state index contributed by atoms with van der Waals surface area (Å²) >= 11 is 5.63. The molecular formula is C8H9ClMg+2. The van der Waals surface area contributed by atoms with Crippen LogP contribution in [0, 0.1) is 6.92 Å². The van der Waals surface area contributed by atoms with Crippen molar-refractivity contribution in [1.29, 1.82) is 0 Å². The van der Waals surface area contributed by atoms with Crippen LogP contribution in [0.25, 0.3) is 0 Å². The molecule has 48 valence electrons. The molecule has 0 spiro atoms. The molecule has 2 heteroatoms. The molecule has 0 heterocycles. The molecule has 0 N–H and O–H groups in total. The normalized spacial score (nSPS) is 8.60. The SMILES string of the molecule is Cc1ccccc1CCl.[Mg+2]. The van der Waals surface area contributed by atoms with E-state index < -0.39 is 0 Å². The molecule has 10 heavy (non-hydrogen) atoms. The minimum Gasteiger partial charge on any atom is -0.122 e. The van der Waals surface area contributed by atoms with Gasteiger partial charge in [-0.25, -0.2) is 0 Å². The van der Waals surface area contributed by atoms with Gasteiger partial charge in [-0.15, -0.1) is 11.6 Å². The summed E-state index contributed by atoms with van der Waals surface area (Å²) in [7, 11) is 0. The molecule has 0 fully saturated rings. The molecule has 0 saturated carbocycles. The zero-order valence-electron chi connectivity index (χ0n) is 6.10. The average molecular weight is 165 g/mol. The largest absolute Gasteiger partial charge is 2.00 e. The third-order valence-corrected chi connectivity index (χ3v) is 1.69. The topological polar surface area (TPSA) is 0 Å². The van der Waals surface area contributed by atoms with E-state index >= 15 is 0 Å². The van der Waals surface area contributed by atoms with Crippen molar-refractivity contribution in [2.75, 3.05) is 0 Å². The van der Waals surface area contributed by atoms with Crippen molar-refractivity contribution in [2.24, 2.45) is 0 Å². The van der Waals surface area contributed by atoms with Crippen LogP contribution in [0.1, 0.15) is 11.1 Å². The summed E-state index contributed by atoms with van der Waals surface area (Å²) in [6, 6.07) is 8.14. The van der Waals surface area contributed by atoms with E-state index in [1.54, 1.807) is 0 Å². The summed E-state index contributed by atoms with van der Waals surface area (Å²) in [5.41, 5.74) is 2.49. The molecule has 0 bridgehead atoms. The Kier molecular flexibility index (Phi) is 5.14. The fraction of sp³-hybridized carbons (Fsp3) is 0.250. The first kappa shape index (κ1) is 10.3. The second-order valence-corrected chi connectivity index (χ2v) is 2.33. The Morgan fingerprint density at radius 1 is 1.30 bits per heavy atom. The van der Waals surface area contributed by atoms with Gasteiger partial charge in [0.2, 0.25) is 0 Å². The maximum absolute atomic E-state index is 5.63. The van der Waals surface area contributed by atoms with Crippen LogP contribution in [0.2, 0.25) is 0 Å². The summed E-state index contributed by atoms with van der Waals surface area (Å²) < 4.78 is 0. The Morgan fingerprint density at radius 3 is 2.30 bits per heavy atom. The van der Waals surface area contributed by atoms with Gasteiger partial charge in [0.1, 0.15) is 0 Å². The molecule has 0 unspecified atom stereocenters. The molecule has 1 rings (SSSR count). The summed E-state index contributed by atoms with van der Waals surface area (Å²) in [6.07, 6.45) is 0. The van der Waals surface area contributed by atoms with Crippen LogP contribution in [0.3, 0.4) is 0 Å². The van der Waals surface area contributed by atoms with Crippen molar-refractivity contribution in [2.45, 2.75) is 12.8 Å². The first-order valence-corrected chi connectivity index (χ1v) is 3.48. The second-order valence-electron chi connectivity index (χ2n) is 2.06. The van der Waals surface area contributed by atoms with Gasteiger partial charge in [0.05, 0.1) is 0 Å². The zero-order chi connectivity index (χ0) is 6.69. The molecule has 0 amide bonds. The first-order chi connectivity index (χ1) is 4.34. The van der Waals surface area contributed by atoms with Gasteiger partial charge >= 0.3 is 23.1 Å². The van der Waals surface area contributed by atoms with E-state index in [0.29, 0.717) is 5.88 Å². The van der Waals surface area contributed by atoms with Crippen LogP contribution in [0.15, 0.2) is 24.3 Å². The average Bonchev–Trinajstić information content (AvgIpc) is 1.89. The predicted molar refractivity (Wildman–Crippen MR) is 46.5 cm³/mol. The van der Waals surface area contributed by atoms with E-state index in [1.165, 1.54) is 11.1 Å². The maximum Gasteiger partial charge on any atom is 2.00 e. The van der Waals surface area contributed by atoms with Gasteiger partial charge in [0, 0.05) is 5.88 Å². The number of aryl methyl sites for hydroxylation is 1. The van der Waals surface area contributed by atoms with Crippen molar-refractivity contribution < 1.29 is 0 Å². The zero-order valence-corrected chi connectivity index (χ0v) is 8.27. The van der Waals surface area contributed by atoms with Crippen LogP contribution in [-0.4, -0.2) is 23.1 Å². The number of hydrogen-bond donors (Lipinski definition) is 0. The molecule has 1 aromatic carbocycles. The fourth-order valence-electron chi connectivity index (χ4n) is 0.760. The third-order valence-electron chi connectivity index (χ3n) is 1.41. The van der Waals surface area contributed by atoms with Gasteiger partial charge in [0.15, 0.2) is 0 Å². The van der Waals surface area contributed by atoms with Gasteiger partial charge < -0.3 is 0 Å². The maximum atomic E-state index is 5.63. The van der Waals surface area contributed by atoms with Crippen molar-refractivity contribution in [3.05, 3.63) is 35.4 Å². The predicted octanol–water partition coefficient (Wildman–Crippen LogP) is 2.35. The number of benzene rings is 1. The van der Waals surface area contributed by atoms with Crippen molar-refractivity contribution >= 4 is 34.7 Å². The number of hydrogen-bond acceptors (Lipinski definition) is 0. The minimum atomic E-state index is 0. The van der Waals surface area contributed by atoms with Crippen LogP contribution >= 0.6 is 11.6 Å². The Balaban J connectivity index is 0.000000810. The monoisotopic (exact) mass is 164 g/mol. The summed E-state index contributed by atoms with van der Waals surface area (Å²) in [5.74, 6) is 0.618. The second kappa shape index (κ2) is 5.00. The molecule has 0 saturated heterocycles. The summed E-state index contributed by atoms with van der Waals surface area (Å²) in [4.78, 5) is 0. The summed E-state index contributed by atoms with van der Waals surface area (Å²) in [5, 5.41) is 0. The van der Waals surface area contributed by atoms with E-state index in [1.807, 2.05) is 18.2 Å². The molecule has 0 aliphatic carbocycles. The fourth-order valence-corrected chi connectivity index (χ4v) is 1.06. The first-order valence-electron chi connectivity index (χ1n) is 2.95. The quantitative estimate of drug-likeness (QED) is 0.442. The van der Waals surface area contributed by atoms with Gasteiger partial charge in [-0.2, -0.15) is 0 Å². The van der Waals surface area contributed by atoms with Gasteiger partial charge in [0.25, 0.3) is 0 Å². The van der Waals surface area contributed by atoms with E-state index in [9.17, 15) is 0 Å². The molecule has 0 atom stereocenters. The van der Waals surface area contributed by atoms with Crippen LogP contribution < -0.4 is 0 Å². The molecule has 0 aromatic heterocycles. The minimum absolute atomic E-state index is 0. The van der Waals surface area contributed by atoms with Gasteiger partial charge in [-0.3, -0.25) is 0 Å². The van der Waals surface area contributed by atoms with E-state index in [-0.39, 0.29) is 23.1 Å². The number of rotatable bonds is 1. The Bertz CT molecular complexity index is 198. The molecule has 1 aromatic rings. The molecule has 0 nitrogen and oxygen atoms in total. The summed E-state index contributed by atoms with van der Waals surface area (Å²) in [6.45, 7) is 2.07. The van der Waals surface area contributed by atoms with Gasteiger partial charge in [-0.05, 0) is 18.1 Å². The Labute approximate surface area is 82.7 Å². The van der Waals surface area contributed by atoms with Crippen LogP contribution in [0.4, 0.5) is 0 Å². The van der Waals surface area contributed by atoms with Crippen molar-refractivity contribution in [3.8, 4) is 0 Å². The standard InChI is InChI=1S/C8H9Cl.Mg/c1-7-4-2-3-5-8(7)6-9;/h2-5H,6H2,1H3;/q;+2. The van der Waals surface area contributed by atoms with Gasteiger partial charge in [-0.1, -0.05) is 24.3 Å². The molecule has 0 aliphatic rings. The number of alkyl halides is 1. The smallest absolute Gasteiger partial charge is 0.122 e. The molecule has 0 radical (unpaired) electrons. The number of halogens is 1. The third kappa shape index (κ3) is 2.49. The Morgan fingerprint density at radius 2 is 1.90 bits per heavy atom. The molecule has 0 aliphatic heterocycles.